The number of fused-ring (bicyclic) bond motifs is 2. The number of methoxy groups -OCH3 is 1. The minimum Gasteiger partial charge on any atom is -0.503 e. The van der Waals surface area contributed by atoms with Crippen molar-refractivity contribution in [2.24, 2.45) is 4.99 Å². The molecule has 3 aromatic carbocycles. The summed E-state index contributed by atoms with van der Waals surface area (Å²) in [5, 5.41) is 10.2. The van der Waals surface area contributed by atoms with E-state index in [1.165, 1.54) is 23.1 Å². The predicted octanol–water partition coefficient (Wildman–Crippen LogP) is 3.10. The minimum absolute atomic E-state index is 0.0216. The number of amides is 2. The number of phenols is 1. The normalized spacial score (nSPS) is 22.3. The van der Waals surface area contributed by atoms with Gasteiger partial charge in [-0.3, -0.25) is 20.0 Å². The van der Waals surface area contributed by atoms with Crippen LogP contribution in [-0.4, -0.2) is 46.8 Å². The summed E-state index contributed by atoms with van der Waals surface area (Å²) in [5.74, 6) is 0.258. The first-order chi connectivity index (χ1) is 18.7. The number of halogens is 1. The minimum atomic E-state index is -1.23. The van der Waals surface area contributed by atoms with Crippen molar-refractivity contribution in [1.82, 2.24) is 14.5 Å². The maximum Gasteiger partial charge on any atom is 0.324 e. The number of aromatic nitrogens is 1. The molecule has 2 amide bonds. The van der Waals surface area contributed by atoms with Crippen molar-refractivity contribution in [2.45, 2.75) is 11.3 Å². The second-order valence-electron chi connectivity index (χ2n) is 9.33. The van der Waals surface area contributed by atoms with Crippen LogP contribution in [0.5, 0.6) is 11.5 Å². The van der Waals surface area contributed by atoms with Crippen molar-refractivity contribution in [3.05, 3.63) is 114 Å². The average Bonchev–Trinajstić information content (AvgIpc) is 3.34. The van der Waals surface area contributed by atoms with Crippen molar-refractivity contribution in [2.75, 3.05) is 26.6 Å². The Morgan fingerprint density at radius 3 is 2.28 bits per heavy atom. The number of urea groups is 1. The van der Waals surface area contributed by atoms with Crippen LogP contribution in [0.3, 0.4) is 0 Å². The van der Waals surface area contributed by atoms with Crippen molar-refractivity contribution in [3.63, 3.8) is 0 Å². The molecule has 4 aromatic rings. The first kappa shape index (κ1) is 25.2. The van der Waals surface area contributed by atoms with Gasteiger partial charge < -0.3 is 9.84 Å². The van der Waals surface area contributed by atoms with Gasteiger partial charge in [0, 0.05) is 25.2 Å². The fraction of sp³-hybridized carbons (Fsp3) is 0.179. The molecule has 2 unspecified atom stereocenters. The summed E-state index contributed by atoms with van der Waals surface area (Å²) < 4.78 is 7.55. The quantitative estimate of drug-likeness (QED) is 0.372. The molecule has 0 aliphatic carbocycles. The Bertz CT molecular complexity index is 1790. The highest BCUT2D eigenvalue weighted by Gasteiger charge is 2.69. The maximum atomic E-state index is 13.8. The summed E-state index contributed by atoms with van der Waals surface area (Å²) in [6.45, 7) is 0. The molecule has 2 aliphatic heterocycles. The highest BCUT2D eigenvalue weighted by atomic mass is 79.9. The van der Waals surface area contributed by atoms with Crippen LogP contribution >= 0.6 is 27.3 Å². The third-order valence-electron chi connectivity index (χ3n) is 7.34. The lowest BCUT2D eigenvalue weighted by molar-refractivity contribution is 0.0648. The van der Waals surface area contributed by atoms with Crippen LogP contribution in [0.4, 0.5) is 4.79 Å². The van der Waals surface area contributed by atoms with E-state index in [0.717, 1.165) is 11.1 Å². The van der Waals surface area contributed by atoms with Crippen LogP contribution in [-0.2, 0) is 11.3 Å². The smallest absolute Gasteiger partial charge is 0.324 e. The lowest BCUT2D eigenvalue weighted by atomic mass is 9.80. The number of likely N-dealkylation sites (N-methyl/N-ethyl adjacent to an activating group) is 2. The monoisotopic (exact) mass is 605 g/mol. The standard InChI is InChI=1S/C28H24BrN5O4S/c1-32-26(37)33(2)28(19-12-8-5-9-13-19)27(32,18-10-6-4-7-11-18)30-25-34(31-28)24(36)22(39-25)16-17-14-20(29)23(35)21(15-17)38-3/h4-16,31,35H,1-3H3/b22-16-. The van der Waals surface area contributed by atoms with Crippen molar-refractivity contribution < 1.29 is 14.6 Å². The van der Waals surface area contributed by atoms with Crippen LogP contribution in [0.2, 0.25) is 0 Å². The van der Waals surface area contributed by atoms with Gasteiger partial charge in [0.25, 0.3) is 5.56 Å². The highest BCUT2D eigenvalue weighted by molar-refractivity contribution is 9.10. The Morgan fingerprint density at radius 2 is 1.64 bits per heavy atom. The van der Waals surface area contributed by atoms with Gasteiger partial charge in [0.05, 0.1) is 16.1 Å². The number of phenolic OH excluding ortho intramolecular Hbond substituents is 1. The zero-order valence-electron chi connectivity index (χ0n) is 21.3. The number of nitrogens with one attached hydrogen (secondary N) is 1. The highest BCUT2D eigenvalue weighted by Crippen LogP contribution is 2.53. The Hall–Kier alpha value is -4.09. The number of rotatable bonds is 4. The van der Waals surface area contributed by atoms with Gasteiger partial charge in [-0.05, 0) is 39.7 Å². The first-order valence-electron chi connectivity index (χ1n) is 12.1. The van der Waals surface area contributed by atoms with Crippen LogP contribution in [0.25, 0.3) is 6.08 Å². The molecule has 1 aromatic heterocycles. The van der Waals surface area contributed by atoms with Crippen LogP contribution in [0.15, 0.2) is 87.1 Å². The number of benzene rings is 3. The van der Waals surface area contributed by atoms with Crippen molar-refractivity contribution in [3.8, 4) is 11.5 Å². The number of thiazole rings is 1. The fourth-order valence-electron chi connectivity index (χ4n) is 5.50. The van der Waals surface area contributed by atoms with E-state index < -0.39 is 11.3 Å². The Balaban J connectivity index is 1.67. The van der Waals surface area contributed by atoms with Crippen molar-refractivity contribution in [1.29, 1.82) is 0 Å². The number of hydrogen-bond acceptors (Lipinski definition) is 7. The van der Waals surface area contributed by atoms with E-state index in [4.69, 9.17) is 9.73 Å². The Morgan fingerprint density at radius 1 is 1.00 bits per heavy atom. The predicted molar refractivity (Wildman–Crippen MR) is 152 cm³/mol. The van der Waals surface area contributed by atoms with Crippen LogP contribution in [0.1, 0.15) is 16.7 Å². The van der Waals surface area contributed by atoms with Gasteiger partial charge in [-0.1, -0.05) is 72.0 Å². The average molecular weight is 607 g/mol. The molecule has 198 valence electrons. The Labute approximate surface area is 236 Å². The third-order valence-corrected chi connectivity index (χ3v) is 8.91. The zero-order valence-corrected chi connectivity index (χ0v) is 23.7. The van der Waals surface area contributed by atoms with E-state index in [1.807, 2.05) is 60.7 Å². The summed E-state index contributed by atoms with van der Waals surface area (Å²) in [7, 11) is 4.91. The lowest BCUT2D eigenvalue weighted by Crippen LogP contribution is -2.67. The lowest BCUT2D eigenvalue weighted by Gasteiger charge is -2.49. The second kappa shape index (κ2) is 8.99. The molecular formula is C28H24BrN5O4S. The van der Waals surface area contributed by atoms with Gasteiger partial charge in [-0.25, -0.2) is 9.79 Å². The van der Waals surface area contributed by atoms with E-state index >= 15 is 0 Å². The number of aromatic hydroxyl groups is 1. The molecule has 2 aliphatic rings. The van der Waals surface area contributed by atoms with Gasteiger partial charge in [-0.2, -0.15) is 4.68 Å². The molecular weight excluding hydrogens is 582 g/mol. The molecule has 0 bridgehead atoms. The van der Waals surface area contributed by atoms with Gasteiger partial charge in [0.1, 0.15) is 0 Å². The first-order valence-corrected chi connectivity index (χ1v) is 13.7. The summed E-state index contributed by atoms with van der Waals surface area (Å²) >= 11 is 4.55. The molecule has 1 saturated heterocycles. The van der Waals surface area contributed by atoms with E-state index in [9.17, 15) is 14.7 Å². The summed E-state index contributed by atoms with van der Waals surface area (Å²) in [5.41, 5.74) is 2.91. The molecule has 39 heavy (non-hydrogen) atoms. The topological polar surface area (TPSA) is 99.4 Å². The SMILES string of the molecule is COc1cc(/C=c2\sc3n(c2=O)NC2(c4ccccc4)N(C)C(=O)N(C)C2(c2ccccc2)N=3)cc(Br)c1O. The third kappa shape index (κ3) is 3.39. The molecule has 0 radical (unpaired) electrons. The van der Waals surface area contributed by atoms with E-state index in [1.54, 1.807) is 42.1 Å². The number of carbonyl (C=O) groups excluding carboxylic acids is 1. The summed E-state index contributed by atoms with van der Waals surface area (Å²) in [6.07, 6.45) is 1.72. The molecule has 0 spiro atoms. The van der Waals surface area contributed by atoms with E-state index in [2.05, 4.69) is 21.4 Å². The van der Waals surface area contributed by atoms with Crippen LogP contribution in [0, 0.1) is 0 Å². The fourth-order valence-corrected chi connectivity index (χ4v) is 6.93. The number of hydrogen-bond donors (Lipinski definition) is 2. The molecule has 1 fully saturated rings. The second-order valence-corrected chi connectivity index (χ2v) is 11.2. The maximum absolute atomic E-state index is 13.8. The molecule has 3 heterocycles. The molecule has 11 heteroatoms. The summed E-state index contributed by atoms with van der Waals surface area (Å²) in [6, 6.07) is 22.3. The van der Waals surface area contributed by atoms with Gasteiger partial charge in [-0.15, -0.1) is 0 Å². The van der Waals surface area contributed by atoms with Gasteiger partial charge in [0.15, 0.2) is 11.5 Å². The van der Waals surface area contributed by atoms with E-state index in [-0.39, 0.29) is 23.1 Å². The summed E-state index contributed by atoms with van der Waals surface area (Å²) in [4.78, 5) is 36.3. The number of carbonyl (C=O) groups is 1. The van der Waals surface area contributed by atoms with Gasteiger partial charge >= 0.3 is 6.03 Å². The van der Waals surface area contributed by atoms with Crippen LogP contribution < -0.4 is 25.1 Å². The molecule has 6 rings (SSSR count). The molecule has 2 atom stereocenters. The van der Waals surface area contributed by atoms with E-state index in [0.29, 0.717) is 19.4 Å². The largest absolute Gasteiger partial charge is 0.503 e. The molecule has 0 saturated carbocycles. The number of nitrogens with zero attached hydrogens (tertiary/aromatic N) is 4. The van der Waals surface area contributed by atoms with Crippen molar-refractivity contribution >= 4 is 39.4 Å². The molecule has 2 N–H and O–H groups in total. The zero-order chi connectivity index (χ0) is 27.5. The number of ether oxygens (including phenoxy) is 1. The Kier molecular flexibility index (Phi) is 5.81. The molecule has 9 nitrogen and oxygen atoms in total. The van der Waals surface area contributed by atoms with Gasteiger partial charge in [0.2, 0.25) is 16.1 Å².